The average molecular weight is 280 g/mol. The molecule has 1 rings (SSSR count). The number of rotatable bonds is 6. The monoisotopic (exact) mass is 280 g/mol. The van der Waals surface area contributed by atoms with E-state index in [0.29, 0.717) is 18.0 Å². The van der Waals surface area contributed by atoms with Crippen molar-refractivity contribution >= 4 is 33.1 Å². The Hall–Kier alpha value is -0.0800. The second kappa shape index (κ2) is 6.02. The Morgan fingerprint density at radius 3 is 2.75 bits per heavy atom. The topological polar surface area (TPSA) is 72.2 Å². The third-order valence-electron chi connectivity index (χ3n) is 2.01. The molecule has 0 saturated carbocycles. The second-order valence-electron chi connectivity index (χ2n) is 3.23. The van der Waals surface area contributed by atoms with Crippen LogP contribution in [0.15, 0.2) is 11.0 Å². The van der Waals surface area contributed by atoms with Crippen molar-refractivity contribution in [2.45, 2.75) is 18.4 Å². The fourth-order valence-corrected chi connectivity index (χ4v) is 4.23. The predicted octanol–water partition coefficient (Wildman–Crippen LogP) is 1.16. The van der Waals surface area contributed by atoms with Crippen molar-refractivity contribution in [3.8, 4) is 0 Å². The Kier molecular flexibility index (Phi) is 5.26. The lowest BCUT2D eigenvalue weighted by Gasteiger charge is -2.04. The number of nitrogens with two attached hydrogens (primary N) is 1. The molecule has 0 aliphatic carbocycles. The van der Waals surface area contributed by atoms with E-state index < -0.39 is 10.0 Å². The molecule has 3 N–H and O–H groups in total. The van der Waals surface area contributed by atoms with Crippen LogP contribution in [0.2, 0.25) is 0 Å². The third kappa shape index (κ3) is 3.46. The maximum atomic E-state index is 11.9. The SMILES string of the molecule is CSCCNS(=O)(=O)c1cc(CN)sc1C. The molecule has 0 aliphatic rings. The van der Waals surface area contributed by atoms with Crippen LogP contribution in [0, 0.1) is 6.92 Å². The lowest BCUT2D eigenvalue weighted by Crippen LogP contribution is -2.26. The van der Waals surface area contributed by atoms with Gasteiger partial charge in [0.25, 0.3) is 0 Å². The Balaban J connectivity index is 2.85. The van der Waals surface area contributed by atoms with E-state index in [-0.39, 0.29) is 0 Å². The minimum atomic E-state index is -3.36. The summed E-state index contributed by atoms with van der Waals surface area (Å²) in [6.07, 6.45) is 1.94. The molecule has 4 nitrogen and oxygen atoms in total. The molecule has 0 aliphatic heterocycles. The van der Waals surface area contributed by atoms with Crippen LogP contribution < -0.4 is 10.5 Å². The van der Waals surface area contributed by atoms with Crippen molar-refractivity contribution < 1.29 is 8.42 Å². The van der Waals surface area contributed by atoms with Crippen LogP contribution in [0.1, 0.15) is 9.75 Å². The van der Waals surface area contributed by atoms with Crippen molar-refractivity contribution in [3.63, 3.8) is 0 Å². The molecule has 0 aromatic carbocycles. The summed E-state index contributed by atoms with van der Waals surface area (Å²) in [6.45, 7) is 2.63. The van der Waals surface area contributed by atoms with Gasteiger partial charge in [-0.3, -0.25) is 0 Å². The van der Waals surface area contributed by atoms with E-state index in [0.717, 1.165) is 15.5 Å². The van der Waals surface area contributed by atoms with Crippen molar-refractivity contribution in [1.82, 2.24) is 4.72 Å². The summed E-state index contributed by atoms with van der Waals surface area (Å²) in [6, 6.07) is 1.65. The van der Waals surface area contributed by atoms with Crippen molar-refractivity contribution in [1.29, 1.82) is 0 Å². The highest BCUT2D eigenvalue weighted by Crippen LogP contribution is 2.25. The maximum absolute atomic E-state index is 11.9. The van der Waals surface area contributed by atoms with Gasteiger partial charge in [-0.2, -0.15) is 11.8 Å². The number of thiophene rings is 1. The highest BCUT2D eigenvalue weighted by Gasteiger charge is 2.18. The summed E-state index contributed by atoms with van der Waals surface area (Å²) in [4.78, 5) is 2.04. The molecule has 0 bridgehead atoms. The van der Waals surface area contributed by atoms with Crippen molar-refractivity contribution in [2.75, 3.05) is 18.6 Å². The first-order valence-electron chi connectivity index (χ1n) is 4.79. The Morgan fingerprint density at radius 1 is 1.56 bits per heavy atom. The van der Waals surface area contributed by atoms with Gasteiger partial charge in [-0.1, -0.05) is 0 Å². The molecule has 0 spiro atoms. The van der Waals surface area contributed by atoms with Crippen LogP contribution in [0.3, 0.4) is 0 Å². The number of hydrogen-bond donors (Lipinski definition) is 2. The molecular formula is C9H16N2O2S3. The third-order valence-corrected chi connectivity index (χ3v) is 5.41. The van der Waals surface area contributed by atoms with Crippen LogP contribution in [0.4, 0.5) is 0 Å². The molecule has 0 atom stereocenters. The molecule has 7 heteroatoms. The summed E-state index contributed by atoms with van der Waals surface area (Å²) in [5, 5.41) is 0. The van der Waals surface area contributed by atoms with Gasteiger partial charge in [0.2, 0.25) is 10.0 Å². The molecule has 0 amide bonds. The van der Waals surface area contributed by atoms with Crippen LogP contribution in [0.5, 0.6) is 0 Å². The molecule has 1 heterocycles. The number of nitrogens with one attached hydrogen (secondary N) is 1. The van der Waals surface area contributed by atoms with Gasteiger partial charge >= 0.3 is 0 Å². The molecule has 92 valence electrons. The number of hydrogen-bond acceptors (Lipinski definition) is 5. The summed E-state index contributed by atoms with van der Waals surface area (Å²) in [5.74, 6) is 0.770. The van der Waals surface area contributed by atoms with E-state index >= 15 is 0 Å². The zero-order chi connectivity index (χ0) is 12.2. The van der Waals surface area contributed by atoms with Crippen LogP contribution in [0.25, 0.3) is 0 Å². The summed E-state index contributed by atoms with van der Waals surface area (Å²) >= 11 is 3.04. The van der Waals surface area contributed by atoms with E-state index in [1.807, 2.05) is 6.26 Å². The van der Waals surface area contributed by atoms with Crippen LogP contribution >= 0.6 is 23.1 Å². The summed E-state index contributed by atoms with van der Waals surface area (Å²) < 4.78 is 26.4. The molecule has 0 fully saturated rings. The number of sulfonamides is 1. The van der Waals surface area contributed by atoms with E-state index in [9.17, 15) is 8.42 Å². The first-order valence-corrected chi connectivity index (χ1v) is 8.48. The van der Waals surface area contributed by atoms with Crippen LogP contribution in [-0.4, -0.2) is 27.0 Å². The van der Waals surface area contributed by atoms with Gasteiger partial charge in [0.15, 0.2) is 0 Å². The van der Waals surface area contributed by atoms with Crippen molar-refractivity contribution in [2.24, 2.45) is 5.73 Å². The van der Waals surface area contributed by atoms with Crippen molar-refractivity contribution in [3.05, 3.63) is 15.8 Å². The van der Waals surface area contributed by atoms with E-state index in [1.165, 1.54) is 11.3 Å². The molecule has 1 aromatic heterocycles. The minimum absolute atomic E-state index is 0.360. The fraction of sp³-hybridized carbons (Fsp3) is 0.556. The first-order chi connectivity index (χ1) is 7.51. The lowest BCUT2D eigenvalue weighted by atomic mass is 10.4. The largest absolute Gasteiger partial charge is 0.326 e. The highest BCUT2D eigenvalue weighted by atomic mass is 32.2. The van der Waals surface area contributed by atoms with Gasteiger partial charge in [0, 0.05) is 28.6 Å². The normalized spacial score (nSPS) is 11.9. The Labute approximate surface area is 105 Å². The zero-order valence-corrected chi connectivity index (χ0v) is 11.8. The van der Waals surface area contributed by atoms with Gasteiger partial charge < -0.3 is 5.73 Å². The molecular weight excluding hydrogens is 264 g/mol. The minimum Gasteiger partial charge on any atom is -0.326 e. The van der Waals surface area contributed by atoms with Gasteiger partial charge in [-0.05, 0) is 19.2 Å². The fourth-order valence-electron chi connectivity index (χ4n) is 1.25. The summed E-state index contributed by atoms with van der Waals surface area (Å²) in [5.41, 5.74) is 5.49. The molecule has 1 aromatic rings. The lowest BCUT2D eigenvalue weighted by molar-refractivity contribution is 0.584. The van der Waals surface area contributed by atoms with Gasteiger partial charge in [-0.25, -0.2) is 13.1 Å². The Bertz CT molecular complexity index is 440. The zero-order valence-electron chi connectivity index (χ0n) is 9.32. The first kappa shape index (κ1) is 14.0. The molecule has 0 unspecified atom stereocenters. The molecule has 0 radical (unpaired) electrons. The van der Waals surface area contributed by atoms with Gasteiger partial charge in [-0.15, -0.1) is 11.3 Å². The Morgan fingerprint density at radius 2 is 2.25 bits per heavy atom. The summed E-state index contributed by atoms with van der Waals surface area (Å²) in [7, 11) is -3.36. The van der Waals surface area contributed by atoms with Gasteiger partial charge in [0.05, 0.1) is 4.90 Å². The average Bonchev–Trinajstić information content (AvgIpc) is 2.60. The van der Waals surface area contributed by atoms with E-state index in [1.54, 1.807) is 24.8 Å². The standard InChI is InChI=1S/C9H16N2O2S3/c1-7-9(5-8(6-10)15-7)16(12,13)11-3-4-14-2/h5,11H,3-4,6,10H2,1-2H3. The molecule has 16 heavy (non-hydrogen) atoms. The number of thioether (sulfide) groups is 1. The smallest absolute Gasteiger partial charge is 0.241 e. The maximum Gasteiger partial charge on any atom is 0.241 e. The van der Waals surface area contributed by atoms with Crippen LogP contribution in [-0.2, 0) is 16.6 Å². The second-order valence-corrected chi connectivity index (χ2v) is 7.29. The number of aryl methyl sites for hydroxylation is 1. The predicted molar refractivity (Wildman–Crippen MR) is 70.5 cm³/mol. The highest BCUT2D eigenvalue weighted by molar-refractivity contribution is 7.98. The van der Waals surface area contributed by atoms with E-state index in [2.05, 4.69) is 4.72 Å². The van der Waals surface area contributed by atoms with Gasteiger partial charge in [0.1, 0.15) is 0 Å². The molecule has 0 saturated heterocycles. The van der Waals surface area contributed by atoms with E-state index in [4.69, 9.17) is 5.73 Å². The quantitative estimate of drug-likeness (QED) is 0.767.